The molecule has 10 heteroatoms. The van der Waals surface area contributed by atoms with Gasteiger partial charge < -0.3 is 10.2 Å². The van der Waals surface area contributed by atoms with Crippen LogP contribution in [0.4, 0.5) is 0 Å². The van der Waals surface area contributed by atoms with Crippen molar-refractivity contribution in [3.8, 4) is 11.5 Å². The normalized spacial score (nSPS) is 13.8. The van der Waals surface area contributed by atoms with Crippen molar-refractivity contribution >= 4 is 56.5 Å². The summed E-state index contributed by atoms with van der Waals surface area (Å²) in [5.41, 5.74) is -0.974. The lowest BCUT2D eigenvalue weighted by molar-refractivity contribution is 0.416. The highest BCUT2D eigenvalue weighted by Crippen LogP contribution is 2.55. The van der Waals surface area contributed by atoms with Crippen LogP contribution in [0.3, 0.4) is 0 Å². The quantitative estimate of drug-likeness (QED) is 0.311. The Kier molecular flexibility index (Phi) is 5.98. The number of phenolic OH excluding ortho intramolecular Hbond substituents is 2. The third-order valence-electron chi connectivity index (χ3n) is 4.41. The molecule has 3 N–H and O–H groups in total. The summed E-state index contributed by atoms with van der Waals surface area (Å²) in [4.78, 5) is 0. The van der Waals surface area contributed by atoms with Gasteiger partial charge in [0.05, 0.1) is 10.6 Å². The third kappa shape index (κ3) is 3.54. The van der Waals surface area contributed by atoms with Gasteiger partial charge in [-0.1, -0.05) is 70.7 Å². The van der Waals surface area contributed by atoms with E-state index in [1.165, 1.54) is 42.5 Å². The van der Waals surface area contributed by atoms with Crippen LogP contribution in [0.1, 0.15) is 16.7 Å². The van der Waals surface area contributed by atoms with E-state index in [0.29, 0.717) is 0 Å². The molecule has 3 rings (SSSR count). The van der Waals surface area contributed by atoms with Crippen molar-refractivity contribution in [1.29, 1.82) is 0 Å². The lowest BCUT2D eigenvalue weighted by Crippen LogP contribution is -2.39. The van der Waals surface area contributed by atoms with Crippen LogP contribution < -0.4 is 0 Å². The number of benzene rings is 3. The highest BCUT2D eigenvalue weighted by Gasteiger charge is 2.54. The van der Waals surface area contributed by atoms with Crippen molar-refractivity contribution in [3.63, 3.8) is 0 Å². The Hall–Kier alpha value is -1.67. The minimum absolute atomic E-state index is 0.0742. The maximum atomic E-state index is 13.0. The van der Waals surface area contributed by atoms with Crippen LogP contribution in [-0.2, 0) is 14.9 Å². The Morgan fingerprint density at radius 3 is 1.97 bits per heavy atom. The van der Waals surface area contributed by atoms with Crippen molar-refractivity contribution in [2.24, 2.45) is 0 Å². The summed E-state index contributed by atoms with van der Waals surface area (Å²) in [5, 5.41) is 20.9. The molecule has 0 saturated carbocycles. The van der Waals surface area contributed by atoms with Gasteiger partial charge in [-0.25, -0.2) is 0 Å². The van der Waals surface area contributed by atoms with Crippen molar-refractivity contribution in [1.82, 2.24) is 0 Å². The fourth-order valence-corrected chi connectivity index (χ4v) is 5.71. The molecule has 1 unspecified atom stereocenters. The molecule has 1 atom stereocenters. The first kappa shape index (κ1) is 22.0. The van der Waals surface area contributed by atoms with E-state index in [9.17, 15) is 23.2 Å². The Morgan fingerprint density at radius 2 is 1.38 bits per heavy atom. The van der Waals surface area contributed by atoms with Crippen LogP contribution in [0, 0.1) is 0 Å². The van der Waals surface area contributed by atoms with Crippen molar-refractivity contribution in [3.05, 3.63) is 91.4 Å². The maximum absolute atomic E-state index is 13.0. The molecular weight excluding hydrogens is 482 g/mol. The molecule has 0 bridgehead atoms. The average molecular weight is 494 g/mol. The molecule has 29 heavy (non-hydrogen) atoms. The topological polar surface area (TPSA) is 94.8 Å². The van der Waals surface area contributed by atoms with E-state index in [-0.39, 0.29) is 31.2 Å². The molecule has 0 aliphatic heterocycles. The lowest BCUT2D eigenvalue weighted by Gasteiger charge is -2.34. The largest absolute Gasteiger partial charge is 0.507 e. The van der Waals surface area contributed by atoms with Gasteiger partial charge in [0.25, 0.3) is 10.1 Å². The molecule has 0 aliphatic carbocycles. The third-order valence-corrected chi connectivity index (χ3v) is 7.01. The van der Waals surface area contributed by atoms with Crippen LogP contribution in [-0.4, -0.2) is 23.2 Å². The fraction of sp³-hybridized carbons (Fsp3) is 0.0526. The standard InChI is InChI=1S/C19H12Cl4O5S/c20-10-5-6-12(15(23)9-10)19(29(26,27)28,11-3-1-2-4-13(11)21)17-16(24)8-7-14(22)18(17)25/h1-9,24-25H,(H,26,27,28). The molecule has 0 saturated heterocycles. The molecular formula is C19H12Cl4O5S. The van der Waals surface area contributed by atoms with E-state index in [1.807, 2.05) is 0 Å². The van der Waals surface area contributed by atoms with Crippen molar-refractivity contribution in [2.45, 2.75) is 4.75 Å². The van der Waals surface area contributed by atoms with Gasteiger partial charge in [-0.15, -0.1) is 0 Å². The predicted octanol–water partition coefficient (Wildman–Crippen LogP) is 5.89. The molecule has 0 aliphatic rings. The van der Waals surface area contributed by atoms with Gasteiger partial charge in [0.15, 0.2) is 4.75 Å². The maximum Gasteiger partial charge on any atom is 0.283 e. The second-order valence-corrected chi connectivity index (χ2v) is 9.27. The molecule has 0 fully saturated rings. The Labute approximate surface area is 186 Å². The first-order valence-electron chi connectivity index (χ1n) is 7.90. The first-order chi connectivity index (χ1) is 13.5. The average Bonchev–Trinajstić information content (AvgIpc) is 2.62. The summed E-state index contributed by atoms with van der Waals surface area (Å²) in [6.07, 6.45) is 0. The highest BCUT2D eigenvalue weighted by atomic mass is 35.5. The highest BCUT2D eigenvalue weighted by molar-refractivity contribution is 7.87. The van der Waals surface area contributed by atoms with Gasteiger partial charge in [-0.3, -0.25) is 4.55 Å². The second kappa shape index (κ2) is 7.87. The summed E-state index contributed by atoms with van der Waals surface area (Å²) >= 11 is 24.6. The number of rotatable bonds is 4. The zero-order valence-electron chi connectivity index (χ0n) is 14.3. The summed E-state index contributed by atoms with van der Waals surface area (Å²) in [6.45, 7) is 0. The van der Waals surface area contributed by atoms with Gasteiger partial charge in [0, 0.05) is 26.2 Å². The minimum atomic E-state index is -5.20. The Bertz CT molecular complexity index is 1210. The molecule has 0 spiro atoms. The van der Waals surface area contributed by atoms with E-state index in [1.54, 1.807) is 6.07 Å². The fourth-order valence-electron chi connectivity index (χ4n) is 3.25. The van der Waals surface area contributed by atoms with Gasteiger partial charge in [-0.2, -0.15) is 8.42 Å². The van der Waals surface area contributed by atoms with Crippen LogP contribution >= 0.6 is 46.4 Å². The summed E-state index contributed by atoms with van der Waals surface area (Å²) < 4.78 is 33.9. The summed E-state index contributed by atoms with van der Waals surface area (Å²) in [6, 6.07) is 11.8. The van der Waals surface area contributed by atoms with E-state index < -0.39 is 31.9 Å². The van der Waals surface area contributed by atoms with Crippen LogP contribution in [0.25, 0.3) is 0 Å². The van der Waals surface area contributed by atoms with Gasteiger partial charge >= 0.3 is 0 Å². The van der Waals surface area contributed by atoms with Crippen molar-refractivity contribution in [2.75, 3.05) is 0 Å². The predicted molar refractivity (Wildman–Crippen MR) is 114 cm³/mol. The minimum Gasteiger partial charge on any atom is -0.507 e. The Morgan fingerprint density at radius 1 is 0.759 bits per heavy atom. The van der Waals surface area contributed by atoms with Gasteiger partial charge in [0.1, 0.15) is 11.5 Å². The zero-order valence-corrected chi connectivity index (χ0v) is 18.1. The number of aromatic hydroxyl groups is 2. The molecule has 0 amide bonds. The molecule has 152 valence electrons. The van der Waals surface area contributed by atoms with Gasteiger partial charge in [-0.05, 0) is 30.3 Å². The summed E-state index contributed by atoms with van der Waals surface area (Å²) in [5.74, 6) is -1.43. The van der Waals surface area contributed by atoms with E-state index in [0.717, 1.165) is 6.07 Å². The smallest absolute Gasteiger partial charge is 0.283 e. The van der Waals surface area contributed by atoms with Crippen molar-refractivity contribution < 1.29 is 23.2 Å². The van der Waals surface area contributed by atoms with E-state index in [4.69, 9.17) is 46.4 Å². The molecule has 5 nitrogen and oxygen atoms in total. The number of phenols is 2. The second-order valence-electron chi connectivity index (χ2n) is 6.05. The van der Waals surface area contributed by atoms with Crippen LogP contribution in [0.15, 0.2) is 54.6 Å². The zero-order chi connectivity index (χ0) is 21.6. The monoisotopic (exact) mass is 492 g/mol. The number of hydrogen-bond donors (Lipinski definition) is 3. The SMILES string of the molecule is O=S(=O)(O)C(c1ccccc1Cl)(c1ccc(Cl)cc1Cl)c1c(O)ccc(Cl)c1O. The van der Waals surface area contributed by atoms with E-state index >= 15 is 0 Å². The van der Waals surface area contributed by atoms with Crippen LogP contribution in [0.2, 0.25) is 20.1 Å². The van der Waals surface area contributed by atoms with Gasteiger partial charge in [0.2, 0.25) is 0 Å². The molecule has 3 aromatic rings. The number of hydrogen-bond acceptors (Lipinski definition) is 4. The molecule has 0 heterocycles. The van der Waals surface area contributed by atoms with E-state index in [2.05, 4.69) is 0 Å². The number of halogens is 4. The van der Waals surface area contributed by atoms with Crippen LogP contribution in [0.5, 0.6) is 11.5 Å². The Balaban J connectivity index is 2.68. The molecule has 3 aromatic carbocycles. The summed E-state index contributed by atoms with van der Waals surface area (Å²) in [7, 11) is -5.20. The lowest BCUT2D eigenvalue weighted by atomic mass is 9.82. The first-order valence-corrected chi connectivity index (χ1v) is 10.9. The molecule has 0 radical (unpaired) electrons. The molecule has 0 aromatic heterocycles.